The Hall–Kier alpha value is -3.82. The largest absolute Gasteiger partial charge is 0.469 e. The topological polar surface area (TPSA) is 134 Å². The summed E-state index contributed by atoms with van der Waals surface area (Å²) < 4.78 is 20.1. The fourth-order valence-corrected chi connectivity index (χ4v) is 3.89. The number of esters is 4. The van der Waals surface area contributed by atoms with Crippen molar-refractivity contribution in [3.8, 4) is 0 Å². The molecule has 0 radical (unpaired) electrons. The number of cyclic esters (lactones) is 1. The molecule has 1 atom stereocenters. The van der Waals surface area contributed by atoms with Crippen LogP contribution in [0.25, 0.3) is 0 Å². The molecule has 1 aromatic carbocycles. The Bertz CT molecular complexity index is 1040. The first-order valence-corrected chi connectivity index (χ1v) is 9.37. The lowest BCUT2D eigenvalue weighted by Gasteiger charge is -2.39. The number of carbonyl (C=O) groups is 4. The van der Waals surface area contributed by atoms with Crippen LogP contribution in [0, 0.1) is 0 Å². The predicted octanol–water partition coefficient (Wildman–Crippen LogP) is 0.655. The molecule has 10 heteroatoms. The van der Waals surface area contributed by atoms with Gasteiger partial charge < -0.3 is 29.6 Å². The molecular weight excluding hydrogens is 408 g/mol. The lowest BCUT2D eigenvalue weighted by atomic mass is 9.66. The molecular formula is C21H22N2O8. The van der Waals surface area contributed by atoms with E-state index in [1.807, 2.05) is 0 Å². The first-order chi connectivity index (χ1) is 14.7. The number of para-hydroxylation sites is 1. The molecule has 0 saturated carbocycles. The zero-order valence-corrected chi connectivity index (χ0v) is 17.5. The Morgan fingerprint density at radius 2 is 1.77 bits per heavy atom. The summed E-state index contributed by atoms with van der Waals surface area (Å²) in [5, 5.41) is 0. The predicted molar refractivity (Wildman–Crippen MR) is 106 cm³/mol. The minimum absolute atomic E-state index is 0.00160. The summed E-state index contributed by atoms with van der Waals surface area (Å²) >= 11 is 0. The van der Waals surface area contributed by atoms with E-state index in [-0.39, 0.29) is 34.9 Å². The number of fused-ring (bicyclic) bond motifs is 2. The summed E-state index contributed by atoms with van der Waals surface area (Å²) in [6.45, 7) is 1.59. The third-order valence-corrected chi connectivity index (χ3v) is 5.24. The van der Waals surface area contributed by atoms with Crippen molar-refractivity contribution in [2.24, 2.45) is 5.73 Å². The molecule has 0 amide bonds. The van der Waals surface area contributed by atoms with Crippen LogP contribution in [0.2, 0.25) is 0 Å². The first-order valence-electron chi connectivity index (χ1n) is 9.37. The molecule has 1 unspecified atom stereocenters. The summed E-state index contributed by atoms with van der Waals surface area (Å²) in [4.78, 5) is 52.9. The van der Waals surface area contributed by atoms with Crippen molar-refractivity contribution in [3.63, 3.8) is 0 Å². The molecule has 0 fully saturated rings. The number of hydrogen-bond donors (Lipinski definition) is 1. The van der Waals surface area contributed by atoms with Crippen LogP contribution < -0.4 is 10.6 Å². The molecule has 2 aliphatic heterocycles. The summed E-state index contributed by atoms with van der Waals surface area (Å²) in [6, 6.07) is 6.59. The van der Waals surface area contributed by atoms with Gasteiger partial charge in [0.15, 0.2) is 5.41 Å². The van der Waals surface area contributed by atoms with Crippen LogP contribution >= 0.6 is 0 Å². The van der Waals surface area contributed by atoms with Crippen LogP contribution in [0.1, 0.15) is 18.9 Å². The van der Waals surface area contributed by atoms with Crippen molar-refractivity contribution < 1.29 is 38.1 Å². The normalized spacial score (nSPS) is 19.9. The van der Waals surface area contributed by atoms with Crippen molar-refractivity contribution in [1.29, 1.82) is 0 Å². The van der Waals surface area contributed by atoms with Gasteiger partial charge in [-0.3, -0.25) is 4.79 Å². The Balaban J connectivity index is 2.45. The van der Waals surface area contributed by atoms with E-state index in [9.17, 15) is 19.2 Å². The third-order valence-electron chi connectivity index (χ3n) is 5.24. The maximum absolute atomic E-state index is 13.5. The van der Waals surface area contributed by atoms with E-state index >= 15 is 0 Å². The molecule has 164 valence electrons. The van der Waals surface area contributed by atoms with Crippen molar-refractivity contribution in [1.82, 2.24) is 0 Å². The number of methoxy groups -OCH3 is 2. The minimum Gasteiger partial charge on any atom is -0.469 e. The van der Waals surface area contributed by atoms with Gasteiger partial charge in [0, 0.05) is 18.3 Å². The maximum atomic E-state index is 13.5. The van der Waals surface area contributed by atoms with Gasteiger partial charge in [-0.1, -0.05) is 18.2 Å². The van der Waals surface area contributed by atoms with Crippen molar-refractivity contribution in [2.45, 2.75) is 18.8 Å². The summed E-state index contributed by atoms with van der Waals surface area (Å²) in [7, 11) is 3.87. The molecule has 0 aromatic heterocycles. The molecule has 3 rings (SSSR count). The second kappa shape index (κ2) is 8.13. The van der Waals surface area contributed by atoms with Crippen LogP contribution in [0.3, 0.4) is 0 Å². The van der Waals surface area contributed by atoms with Gasteiger partial charge in [-0.15, -0.1) is 0 Å². The quantitative estimate of drug-likeness (QED) is 0.524. The molecule has 1 aromatic rings. The summed E-state index contributed by atoms with van der Waals surface area (Å²) in [6.07, 6.45) is -0.525. The molecule has 0 bridgehead atoms. The molecule has 2 aliphatic rings. The number of nitrogens with zero attached hydrogens (tertiary/aromatic N) is 1. The number of nitrogens with two attached hydrogens (primary N) is 1. The Kier molecular flexibility index (Phi) is 5.74. The number of ether oxygens (including phenoxy) is 4. The van der Waals surface area contributed by atoms with Gasteiger partial charge in [0.2, 0.25) is 0 Å². The van der Waals surface area contributed by atoms with E-state index in [1.54, 1.807) is 38.2 Å². The van der Waals surface area contributed by atoms with E-state index in [4.69, 9.17) is 19.9 Å². The highest BCUT2D eigenvalue weighted by Crippen LogP contribution is 2.54. The lowest BCUT2D eigenvalue weighted by Crippen LogP contribution is -2.50. The monoisotopic (exact) mass is 430 g/mol. The fourth-order valence-electron chi connectivity index (χ4n) is 3.89. The van der Waals surface area contributed by atoms with Crippen LogP contribution in [0.15, 0.2) is 47.0 Å². The van der Waals surface area contributed by atoms with E-state index in [2.05, 4.69) is 4.74 Å². The number of carbonyl (C=O) groups excluding carboxylic acids is 4. The van der Waals surface area contributed by atoms with Crippen LogP contribution in [-0.4, -0.2) is 51.8 Å². The van der Waals surface area contributed by atoms with Gasteiger partial charge in [-0.05, 0) is 13.0 Å². The van der Waals surface area contributed by atoms with Crippen molar-refractivity contribution in [2.75, 3.05) is 32.8 Å². The smallest absolute Gasteiger partial charge is 0.339 e. The highest BCUT2D eigenvalue weighted by Gasteiger charge is 2.64. The highest BCUT2D eigenvalue weighted by molar-refractivity contribution is 6.16. The van der Waals surface area contributed by atoms with Gasteiger partial charge >= 0.3 is 23.9 Å². The molecule has 2 N–H and O–H groups in total. The number of rotatable bonds is 5. The number of hydrogen-bond acceptors (Lipinski definition) is 10. The number of benzene rings is 1. The molecule has 2 heterocycles. The third kappa shape index (κ3) is 3.11. The number of anilines is 1. The van der Waals surface area contributed by atoms with E-state index in [0.29, 0.717) is 5.69 Å². The highest BCUT2D eigenvalue weighted by atomic mass is 16.6. The molecule has 10 nitrogen and oxygen atoms in total. The maximum Gasteiger partial charge on any atom is 0.339 e. The van der Waals surface area contributed by atoms with Gasteiger partial charge in [-0.2, -0.15) is 0 Å². The average molecular weight is 430 g/mol. The van der Waals surface area contributed by atoms with Gasteiger partial charge in [0.05, 0.1) is 20.8 Å². The molecule has 0 saturated heterocycles. The van der Waals surface area contributed by atoms with E-state index in [1.165, 1.54) is 4.90 Å². The Morgan fingerprint density at radius 1 is 1.10 bits per heavy atom. The molecule has 0 aliphatic carbocycles. The Morgan fingerprint density at radius 3 is 2.39 bits per heavy atom. The zero-order chi connectivity index (χ0) is 22.9. The summed E-state index contributed by atoms with van der Waals surface area (Å²) in [5.41, 5.74) is 4.33. The molecule has 1 spiro atoms. The SMILES string of the molecule is CCOC(=O)C1=C(N)N(C)c2ccccc2C12C(=O)OC(CC(=O)OC)=C2C(=O)OC. The lowest BCUT2D eigenvalue weighted by molar-refractivity contribution is -0.147. The van der Waals surface area contributed by atoms with Crippen molar-refractivity contribution in [3.05, 3.63) is 52.6 Å². The van der Waals surface area contributed by atoms with E-state index < -0.39 is 35.7 Å². The van der Waals surface area contributed by atoms with Crippen molar-refractivity contribution >= 4 is 29.6 Å². The summed E-state index contributed by atoms with van der Waals surface area (Å²) in [5.74, 6) is -3.97. The van der Waals surface area contributed by atoms with Crippen LogP contribution in [-0.2, 0) is 43.5 Å². The van der Waals surface area contributed by atoms with E-state index in [0.717, 1.165) is 14.2 Å². The second-order valence-corrected chi connectivity index (χ2v) is 6.74. The van der Waals surface area contributed by atoms with Crippen LogP contribution in [0.4, 0.5) is 5.69 Å². The average Bonchev–Trinajstić information content (AvgIpc) is 3.03. The Labute approximate surface area is 178 Å². The fraction of sp³-hybridized carbons (Fsp3) is 0.333. The van der Waals surface area contributed by atoms with Gasteiger partial charge in [0.25, 0.3) is 0 Å². The minimum atomic E-state index is -2.07. The second-order valence-electron chi connectivity index (χ2n) is 6.74. The van der Waals surface area contributed by atoms with Gasteiger partial charge in [-0.25, -0.2) is 14.4 Å². The first kappa shape index (κ1) is 21.9. The van der Waals surface area contributed by atoms with Crippen LogP contribution in [0.5, 0.6) is 0 Å². The molecule has 31 heavy (non-hydrogen) atoms. The standard InChI is InChI=1S/C21H22N2O8/c1-5-30-19(26)16-17(22)23(2)12-9-7-6-8-11(12)21(16)15(18(25)29-4)13(31-20(21)27)10-14(24)28-3/h6-9H,5,10,22H2,1-4H3. The van der Waals surface area contributed by atoms with Gasteiger partial charge in [0.1, 0.15) is 29.1 Å². The zero-order valence-electron chi connectivity index (χ0n) is 17.5.